The summed E-state index contributed by atoms with van der Waals surface area (Å²) in [5, 5.41) is 11.1. The van der Waals surface area contributed by atoms with Crippen LogP contribution < -0.4 is 14.4 Å². The Balaban J connectivity index is 1.99. The summed E-state index contributed by atoms with van der Waals surface area (Å²) in [5.74, 6) is 0.0104. The molecule has 3 rings (SSSR count). The maximum atomic E-state index is 13.0. The molecular formula is C20H20N2O6. The first-order chi connectivity index (χ1) is 13.3. The average molecular weight is 384 g/mol. The van der Waals surface area contributed by atoms with Gasteiger partial charge in [-0.25, -0.2) is 0 Å². The highest BCUT2D eigenvalue weighted by molar-refractivity contribution is 6.08. The zero-order valence-corrected chi connectivity index (χ0v) is 15.7. The van der Waals surface area contributed by atoms with Gasteiger partial charge in [-0.1, -0.05) is 26.0 Å². The van der Waals surface area contributed by atoms with Crippen LogP contribution in [0.1, 0.15) is 24.2 Å². The number of ether oxygens (including phenoxy) is 2. The number of methoxy groups -OCH3 is 1. The lowest BCUT2D eigenvalue weighted by atomic mass is 10.0. The van der Waals surface area contributed by atoms with Crippen LogP contribution in [0.2, 0.25) is 0 Å². The summed E-state index contributed by atoms with van der Waals surface area (Å²) in [7, 11) is 1.50. The fraction of sp³-hybridized carbons (Fsp3) is 0.300. The number of nitrogens with zero attached hydrogens (tertiary/aromatic N) is 2. The quantitative estimate of drug-likeness (QED) is 0.431. The molecule has 0 saturated heterocycles. The van der Waals surface area contributed by atoms with Crippen molar-refractivity contribution >= 4 is 23.1 Å². The monoisotopic (exact) mass is 384 g/mol. The molecule has 0 saturated carbocycles. The van der Waals surface area contributed by atoms with Crippen LogP contribution in [0.4, 0.5) is 11.4 Å². The molecule has 8 heteroatoms. The number of benzene rings is 2. The molecule has 0 bridgehead atoms. The van der Waals surface area contributed by atoms with Gasteiger partial charge in [0.05, 0.1) is 24.3 Å². The molecule has 2 aromatic rings. The molecule has 8 nitrogen and oxygen atoms in total. The Labute approximate surface area is 161 Å². The van der Waals surface area contributed by atoms with Crippen molar-refractivity contribution < 1.29 is 24.0 Å². The third-order valence-corrected chi connectivity index (χ3v) is 4.51. The summed E-state index contributed by atoms with van der Waals surface area (Å²) >= 11 is 0. The number of fused-ring (bicyclic) bond motifs is 1. The maximum Gasteiger partial charge on any atom is 0.271 e. The van der Waals surface area contributed by atoms with Crippen LogP contribution in [0.25, 0.3) is 0 Å². The largest absolute Gasteiger partial charge is 0.497 e. The van der Waals surface area contributed by atoms with E-state index in [4.69, 9.17) is 9.47 Å². The molecule has 1 aliphatic rings. The Kier molecular flexibility index (Phi) is 5.30. The van der Waals surface area contributed by atoms with Gasteiger partial charge in [-0.3, -0.25) is 24.6 Å². The van der Waals surface area contributed by atoms with E-state index in [-0.39, 0.29) is 29.6 Å². The van der Waals surface area contributed by atoms with Gasteiger partial charge in [0.1, 0.15) is 11.5 Å². The van der Waals surface area contributed by atoms with Crippen molar-refractivity contribution in [2.24, 2.45) is 5.92 Å². The minimum atomic E-state index is -0.771. The molecule has 0 spiro atoms. The number of hydrogen-bond donors (Lipinski definition) is 0. The van der Waals surface area contributed by atoms with Crippen molar-refractivity contribution in [3.8, 4) is 11.5 Å². The number of non-ortho nitro benzene ring substituents is 1. The van der Waals surface area contributed by atoms with Gasteiger partial charge in [-0.15, -0.1) is 0 Å². The van der Waals surface area contributed by atoms with E-state index < -0.39 is 16.9 Å². The summed E-state index contributed by atoms with van der Waals surface area (Å²) in [5.41, 5.74) is 0.413. The van der Waals surface area contributed by atoms with Gasteiger partial charge in [-0.2, -0.15) is 0 Å². The highest BCUT2D eigenvalue weighted by Crippen LogP contribution is 2.38. The van der Waals surface area contributed by atoms with E-state index in [1.54, 1.807) is 24.3 Å². The molecule has 1 unspecified atom stereocenters. The maximum absolute atomic E-state index is 13.0. The van der Waals surface area contributed by atoms with Gasteiger partial charge in [-0.05, 0) is 24.1 Å². The summed E-state index contributed by atoms with van der Waals surface area (Å²) in [6.07, 6.45) is -0.771. The third kappa shape index (κ3) is 3.66. The topological polar surface area (TPSA) is 99.0 Å². The highest BCUT2D eigenvalue weighted by Gasteiger charge is 2.38. The van der Waals surface area contributed by atoms with Crippen LogP contribution >= 0.6 is 0 Å². The van der Waals surface area contributed by atoms with Gasteiger partial charge in [0.2, 0.25) is 0 Å². The Morgan fingerprint density at radius 2 is 2.04 bits per heavy atom. The van der Waals surface area contributed by atoms with Crippen molar-refractivity contribution in [1.82, 2.24) is 0 Å². The molecular weight excluding hydrogens is 364 g/mol. The number of nitro groups is 1. The van der Waals surface area contributed by atoms with E-state index in [2.05, 4.69) is 0 Å². The second-order valence-corrected chi connectivity index (χ2v) is 6.77. The van der Waals surface area contributed by atoms with E-state index >= 15 is 0 Å². The first kappa shape index (κ1) is 19.3. The van der Waals surface area contributed by atoms with Gasteiger partial charge in [0, 0.05) is 17.7 Å². The fourth-order valence-electron chi connectivity index (χ4n) is 3.01. The second-order valence-electron chi connectivity index (χ2n) is 6.77. The zero-order valence-electron chi connectivity index (χ0n) is 15.7. The summed E-state index contributed by atoms with van der Waals surface area (Å²) in [4.78, 5) is 37.6. The van der Waals surface area contributed by atoms with Crippen molar-refractivity contribution in [3.63, 3.8) is 0 Å². The molecule has 1 heterocycles. The molecule has 1 aliphatic heterocycles. The Hall–Kier alpha value is -3.42. The molecule has 2 aromatic carbocycles. The number of Topliss-reactive ketones (excluding diaryl/α,β-unsaturated/α-hetero) is 1. The summed E-state index contributed by atoms with van der Waals surface area (Å²) in [6, 6.07) is 10.6. The number of ketones is 1. The fourth-order valence-corrected chi connectivity index (χ4v) is 3.01. The standard InChI is InChI=1S/C20H20N2O6/c1-12(2)19-20(24)21(11-17(23)13-5-4-6-15(9-13)27-3)16-10-14(22(25)26)7-8-18(16)28-19/h4-10,12,19H,11H2,1-3H3. The second kappa shape index (κ2) is 7.67. The molecule has 28 heavy (non-hydrogen) atoms. The van der Waals surface area contributed by atoms with Crippen LogP contribution in [-0.4, -0.2) is 36.4 Å². The highest BCUT2D eigenvalue weighted by atomic mass is 16.6. The number of nitro benzene ring substituents is 1. The van der Waals surface area contributed by atoms with Crippen LogP contribution in [0, 0.1) is 16.0 Å². The number of anilines is 1. The average Bonchev–Trinajstić information content (AvgIpc) is 2.69. The first-order valence-electron chi connectivity index (χ1n) is 8.75. The van der Waals surface area contributed by atoms with Crippen LogP contribution in [-0.2, 0) is 4.79 Å². The number of amides is 1. The SMILES string of the molecule is COc1cccc(C(=O)CN2C(=O)C(C(C)C)Oc3ccc([N+](=O)[O-])cc32)c1. The van der Waals surface area contributed by atoms with Crippen molar-refractivity contribution in [2.45, 2.75) is 20.0 Å². The number of hydrogen-bond acceptors (Lipinski definition) is 6. The number of carbonyl (C=O) groups is 2. The minimum absolute atomic E-state index is 0.134. The van der Waals surface area contributed by atoms with Crippen LogP contribution in [0.3, 0.4) is 0 Å². The Bertz CT molecular complexity index is 940. The van der Waals surface area contributed by atoms with Crippen molar-refractivity contribution in [3.05, 3.63) is 58.1 Å². The van der Waals surface area contributed by atoms with Gasteiger partial charge in [0.25, 0.3) is 11.6 Å². The van der Waals surface area contributed by atoms with Crippen molar-refractivity contribution in [1.29, 1.82) is 0 Å². The smallest absolute Gasteiger partial charge is 0.271 e. The van der Waals surface area contributed by atoms with Crippen LogP contribution in [0.5, 0.6) is 11.5 Å². The predicted molar refractivity (Wildman–Crippen MR) is 102 cm³/mol. The number of carbonyl (C=O) groups excluding carboxylic acids is 2. The van der Waals surface area contributed by atoms with Gasteiger partial charge >= 0.3 is 0 Å². The van der Waals surface area contributed by atoms with E-state index in [0.29, 0.717) is 17.1 Å². The normalized spacial score (nSPS) is 15.8. The van der Waals surface area contributed by atoms with Crippen LogP contribution in [0.15, 0.2) is 42.5 Å². The van der Waals surface area contributed by atoms with Gasteiger partial charge in [0.15, 0.2) is 11.9 Å². The Morgan fingerprint density at radius 3 is 2.68 bits per heavy atom. The van der Waals surface area contributed by atoms with E-state index in [0.717, 1.165) is 0 Å². The Morgan fingerprint density at radius 1 is 1.29 bits per heavy atom. The predicted octanol–water partition coefficient (Wildman–Crippen LogP) is 3.24. The van der Waals surface area contributed by atoms with E-state index in [1.807, 2.05) is 13.8 Å². The molecule has 0 aliphatic carbocycles. The van der Waals surface area contributed by atoms with Crippen molar-refractivity contribution in [2.75, 3.05) is 18.6 Å². The van der Waals surface area contributed by atoms with E-state index in [1.165, 1.54) is 30.2 Å². The van der Waals surface area contributed by atoms with E-state index in [9.17, 15) is 19.7 Å². The first-order valence-corrected chi connectivity index (χ1v) is 8.75. The molecule has 0 fully saturated rings. The number of rotatable bonds is 6. The lowest BCUT2D eigenvalue weighted by Gasteiger charge is -2.35. The molecule has 0 radical (unpaired) electrons. The molecule has 1 atom stereocenters. The molecule has 0 N–H and O–H groups in total. The molecule has 146 valence electrons. The zero-order chi connectivity index (χ0) is 20.4. The summed E-state index contributed by atoms with van der Waals surface area (Å²) in [6.45, 7) is 3.41. The minimum Gasteiger partial charge on any atom is -0.497 e. The molecule has 0 aromatic heterocycles. The lowest BCUT2D eigenvalue weighted by molar-refractivity contribution is -0.384. The van der Waals surface area contributed by atoms with Gasteiger partial charge < -0.3 is 9.47 Å². The third-order valence-electron chi connectivity index (χ3n) is 4.51. The lowest BCUT2D eigenvalue weighted by Crippen LogP contribution is -2.50. The summed E-state index contributed by atoms with van der Waals surface area (Å²) < 4.78 is 10.9. The molecule has 1 amide bonds.